The number of rotatable bonds is 4. The van der Waals surface area contributed by atoms with Crippen LogP contribution in [0.3, 0.4) is 0 Å². The molecule has 4 rings (SSSR count). The lowest BCUT2D eigenvalue weighted by Gasteiger charge is -2.10. The summed E-state index contributed by atoms with van der Waals surface area (Å²) >= 11 is 1.60. The molecule has 25 heavy (non-hydrogen) atoms. The van der Waals surface area contributed by atoms with E-state index in [0.29, 0.717) is 12.4 Å². The predicted octanol–water partition coefficient (Wildman–Crippen LogP) is 4.81. The third-order valence-corrected chi connectivity index (χ3v) is 4.92. The molecule has 3 aromatic heterocycles. The van der Waals surface area contributed by atoms with E-state index in [4.69, 9.17) is 4.98 Å². The number of aryl methyl sites for hydroxylation is 1. The fourth-order valence-electron chi connectivity index (χ4n) is 2.63. The van der Waals surface area contributed by atoms with Crippen LogP contribution >= 0.6 is 11.3 Å². The van der Waals surface area contributed by atoms with Crippen molar-refractivity contribution in [1.82, 2.24) is 15.0 Å². The number of fused-ring (bicyclic) bond motifs is 1. The van der Waals surface area contributed by atoms with Crippen LogP contribution in [0.15, 0.2) is 54.2 Å². The minimum Gasteiger partial charge on any atom is -0.365 e. The van der Waals surface area contributed by atoms with Crippen LogP contribution in [0.4, 0.5) is 10.2 Å². The van der Waals surface area contributed by atoms with Crippen LogP contribution in [0.2, 0.25) is 0 Å². The monoisotopic (exact) mass is 350 g/mol. The van der Waals surface area contributed by atoms with Gasteiger partial charge in [0.15, 0.2) is 5.82 Å². The average Bonchev–Trinajstić information content (AvgIpc) is 3.03. The number of hydrogen-bond acceptors (Lipinski definition) is 5. The van der Waals surface area contributed by atoms with Crippen LogP contribution in [0.1, 0.15) is 11.1 Å². The van der Waals surface area contributed by atoms with Gasteiger partial charge in [-0.25, -0.2) is 14.4 Å². The number of pyridine rings is 1. The summed E-state index contributed by atoms with van der Waals surface area (Å²) < 4.78 is 13.1. The van der Waals surface area contributed by atoms with Crippen molar-refractivity contribution in [2.45, 2.75) is 13.5 Å². The summed E-state index contributed by atoms with van der Waals surface area (Å²) in [6.07, 6.45) is 3.46. The van der Waals surface area contributed by atoms with Gasteiger partial charge in [-0.3, -0.25) is 4.98 Å². The first-order valence-electron chi connectivity index (χ1n) is 7.85. The minimum absolute atomic E-state index is 0.234. The predicted molar refractivity (Wildman–Crippen MR) is 99.1 cm³/mol. The van der Waals surface area contributed by atoms with Crippen molar-refractivity contribution in [1.29, 1.82) is 0 Å². The summed E-state index contributed by atoms with van der Waals surface area (Å²) in [5.41, 5.74) is 3.06. The average molecular weight is 350 g/mol. The molecule has 6 heteroatoms. The molecule has 1 N–H and O–H groups in total. The Morgan fingerprint density at radius 1 is 1.04 bits per heavy atom. The van der Waals surface area contributed by atoms with Crippen molar-refractivity contribution in [2.24, 2.45) is 0 Å². The Hall–Kier alpha value is -2.86. The van der Waals surface area contributed by atoms with Crippen molar-refractivity contribution in [3.63, 3.8) is 0 Å². The molecule has 0 atom stereocenters. The smallest absolute Gasteiger partial charge is 0.163 e. The van der Waals surface area contributed by atoms with Gasteiger partial charge in [0.2, 0.25) is 0 Å². The van der Waals surface area contributed by atoms with E-state index < -0.39 is 0 Å². The third kappa shape index (κ3) is 3.21. The van der Waals surface area contributed by atoms with Gasteiger partial charge >= 0.3 is 0 Å². The summed E-state index contributed by atoms with van der Waals surface area (Å²) in [5.74, 6) is 1.22. The van der Waals surface area contributed by atoms with Gasteiger partial charge in [-0.2, -0.15) is 0 Å². The molecule has 1 aromatic carbocycles. The number of nitrogens with one attached hydrogen (secondary N) is 1. The molecule has 0 spiro atoms. The van der Waals surface area contributed by atoms with E-state index in [1.807, 2.05) is 12.1 Å². The van der Waals surface area contributed by atoms with Crippen molar-refractivity contribution in [3.05, 3.63) is 71.1 Å². The molecule has 0 amide bonds. The van der Waals surface area contributed by atoms with Crippen LogP contribution < -0.4 is 5.32 Å². The highest BCUT2D eigenvalue weighted by atomic mass is 32.1. The van der Waals surface area contributed by atoms with Gasteiger partial charge in [0.1, 0.15) is 16.5 Å². The fraction of sp³-hybridized carbons (Fsp3) is 0.105. The zero-order valence-corrected chi connectivity index (χ0v) is 14.3. The van der Waals surface area contributed by atoms with Crippen LogP contribution in [0, 0.1) is 12.7 Å². The molecule has 0 aliphatic heterocycles. The van der Waals surface area contributed by atoms with E-state index in [2.05, 4.69) is 27.6 Å². The Morgan fingerprint density at radius 2 is 1.80 bits per heavy atom. The molecule has 0 aliphatic carbocycles. The first kappa shape index (κ1) is 15.7. The number of anilines is 1. The van der Waals surface area contributed by atoms with E-state index in [1.54, 1.807) is 35.9 Å². The van der Waals surface area contributed by atoms with Gasteiger partial charge < -0.3 is 5.32 Å². The lowest BCUT2D eigenvalue weighted by molar-refractivity contribution is 0.627. The molecule has 0 fully saturated rings. The molecule has 0 saturated heterocycles. The van der Waals surface area contributed by atoms with Crippen molar-refractivity contribution >= 4 is 27.4 Å². The van der Waals surface area contributed by atoms with Gasteiger partial charge in [0.25, 0.3) is 0 Å². The molecule has 0 saturated carbocycles. The van der Waals surface area contributed by atoms with Crippen molar-refractivity contribution < 1.29 is 4.39 Å². The third-order valence-electron chi connectivity index (χ3n) is 3.93. The maximum Gasteiger partial charge on any atom is 0.163 e. The second-order valence-electron chi connectivity index (χ2n) is 5.71. The molecule has 4 nitrogen and oxygen atoms in total. The van der Waals surface area contributed by atoms with Gasteiger partial charge in [-0.15, -0.1) is 11.3 Å². The van der Waals surface area contributed by atoms with Crippen molar-refractivity contribution in [2.75, 3.05) is 5.32 Å². The Balaban J connectivity index is 1.73. The summed E-state index contributed by atoms with van der Waals surface area (Å²) in [5, 5.41) is 6.49. The topological polar surface area (TPSA) is 50.7 Å². The van der Waals surface area contributed by atoms with Crippen LogP contribution in [-0.2, 0) is 6.54 Å². The number of nitrogens with zero attached hydrogens (tertiary/aromatic N) is 3. The second kappa shape index (κ2) is 6.57. The number of benzene rings is 1. The zero-order valence-electron chi connectivity index (χ0n) is 13.5. The molecular formula is C19H15FN4S. The maximum absolute atomic E-state index is 13.1. The SMILES string of the molecule is Cc1csc2nc(-c3ccncc3)nc(NCc3ccc(F)cc3)c12. The van der Waals surface area contributed by atoms with Gasteiger partial charge in [-0.1, -0.05) is 12.1 Å². The lowest BCUT2D eigenvalue weighted by Crippen LogP contribution is -2.04. The second-order valence-corrected chi connectivity index (χ2v) is 6.57. The molecule has 124 valence electrons. The molecular weight excluding hydrogens is 335 g/mol. The summed E-state index contributed by atoms with van der Waals surface area (Å²) in [6.45, 7) is 2.62. The first-order chi connectivity index (χ1) is 12.2. The number of hydrogen-bond donors (Lipinski definition) is 1. The van der Waals surface area contributed by atoms with E-state index in [9.17, 15) is 4.39 Å². The summed E-state index contributed by atoms with van der Waals surface area (Å²) in [7, 11) is 0. The number of thiophene rings is 1. The quantitative estimate of drug-likeness (QED) is 0.574. The first-order valence-corrected chi connectivity index (χ1v) is 8.73. The highest BCUT2D eigenvalue weighted by molar-refractivity contribution is 7.17. The standard InChI is InChI=1S/C19H15FN4S/c1-12-11-25-19-16(12)18(22-10-13-2-4-15(20)5-3-13)23-17(24-19)14-6-8-21-9-7-14/h2-9,11H,10H2,1H3,(H,22,23,24). The van der Waals surface area contributed by atoms with Gasteiger partial charge in [-0.05, 0) is 47.7 Å². The van der Waals surface area contributed by atoms with Crippen LogP contribution in [-0.4, -0.2) is 15.0 Å². The van der Waals surface area contributed by atoms with E-state index in [-0.39, 0.29) is 5.82 Å². The largest absolute Gasteiger partial charge is 0.365 e. The minimum atomic E-state index is -0.234. The Morgan fingerprint density at radius 3 is 2.56 bits per heavy atom. The molecule has 3 heterocycles. The normalized spacial score (nSPS) is 11.0. The van der Waals surface area contributed by atoms with Gasteiger partial charge in [0.05, 0.1) is 5.39 Å². The fourth-order valence-corrected chi connectivity index (χ4v) is 3.55. The zero-order chi connectivity index (χ0) is 17.2. The Bertz CT molecular complexity index is 1010. The molecule has 0 radical (unpaired) electrons. The maximum atomic E-state index is 13.1. The van der Waals surface area contributed by atoms with Crippen LogP contribution in [0.5, 0.6) is 0 Å². The van der Waals surface area contributed by atoms with Crippen LogP contribution in [0.25, 0.3) is 21.6 Å². The molecule has 0 bridgehead atoms. The number of halogens is 1. The highest BCUT2D eigenvalue weighted by Gasteiger charge is 2.13. The van der Waals surface area contributed by atoms with E-state index in [1.165, 1.54) is 12.1 Å². The van der Waals surface area contributed by atoms with Crippen molar-refractivity contribution in [3.8, 4) is 11.4 Å². The summed E-state index contributed by atoms with van der Waals surface area (Å²) in [4.78, 5) is 14.4. The Kier molecular flexibility index (Phi) is 4.11. The molecule has 0 aliphatic rings. The Labute approximate surface area is 148 Å². The lowest BCUT2D eigenvalue weighted by atomic mass is 10.2. The highest BCUT2D eigenvalue weighted by Crippen LogP contribution is 2.31. The number of aromatic nitrogens is 3. The van der Waals surface area contributed by atoms with Gasteiger partial charge in [0, 0.05) is 24.5 Å². The molecule has 4 aromatic rings. The van der Waals surface area contributed by atoms with E-state index in [0.717, 1.165) is 32.7 Å². The summed E-state index contributed by atoms with van der Waals surface area (Å²) in [6, 6.07) is 10.3. The van der Waals surface area contributed by atoms with E-state index >= 15 is 0 Å². The molecule has 0 unspecified atom stereocenters.